The molecule has 0 radical (unpaired) electrons. The Morgan fingerprint density at radius 3 is 2.50 bits per heavy atom. The fraction of sp³-hybridized carbons (Fsp3) is 0.409. The van der Waals surface area contributed by atoms with Gasteiger partial charge in [-0.1, -0.05) is 26.0 Å². The third-order valence-electron chi connectivity index (χ3n) is 4.82. The third kappa shape index (κ3) is 4.68. The molecule has 0 aliphatic carbocycles. The topological polar surface area (TPSA) is 66.9 Å². The smallest absolute Gasteiger partial charge is 0.251 e. The number of rotatable bonds is 7. The number of hydrogen-bond donors (Lipinski definition) is 2. The lowest BCUT2D eigenvalue weighted by Crippen LogP contribution is -2.25. The third-order valence-corrected chi connectivity index (χ3v) is 5.92. The summed E-state index contributed by atoms with van der Waals surface area (Å²) in [6.45, 7) is 11.8. The average molecular weight is 397 g/mol. The molecule has 3 rings (SSSR count). The Kier molecular flexibility index (Phi) is 6.29. The number of amides is 1. The Balaban J connectivity index is 1.67. The molecular weight excluding hydrogens is 368 g/mol. The molecule has 0 saturated heterocycles. The zero-order valence-corrected chi connectivity index (χ0v) is 18.0. The van der Waals surface area contributed by atoms with E-state index >= 15 is 0 Å². The number of carbonyl (C=O) groups is 1. The van der Waals surface area contributed by atoms with E-state index in [1.807, 2.05) is 31.2 Å². The molecule has 2 heterocycles. The van der Waals surface area contributed by atoms with Crippen LogP contribution in [0.1, 0.15) is 52.5 Å². The molecule has 0 unspecified atom stereocenters. The van der Waals surface area contributed by atoms with Crippen LogP contribution in [0.3, 0.4) is 0 Å². The molecule has 148 valence electrons. The molecule has 0 saturated carbocycles. The molecule has 28 heavy (non-hydrogen) atoms. The van der Waals surface area contributed by atoms with Gasteiger partial charge in [-0.2, -0.15) is 0 Å². The summed E-state index contributed by atoms with van der Waals surface area (Å²) >= 11 is 1.71. The van der Waals surface area contributed by atoms with Crippen LogP contribution in [0, 0.1) is 26.7 Å². The highest BCUT2D eigenvalue weighted by Crippen LogP contribution is 2.33. The summed E-state index contributed by atoms with van der Waals surface area (Å²) in [6.07, 6.45) is 0.988. The van der Waals surface area contributed by atoms with Crippen molar-refractivity contribution >= 4 is 33.3 Å². The van der Waals surface area contributed by atoms with Crippen molar-refractivity contribution in [2.45, 2.75) is 47.6 Å². The van der Waals surface area contributed by atoms with Gasteiger partial charge in [0, 0.05) is 23.5 Å². The largest absolute Gasteiger partial charge is 0.365 e. The summed E-state index contributed by atoms with van der Waals surface area (Å²) in [5.74, 6) is 2.21. The molecule has 0 bridgehead atoms. The van der Waals surface area contributed by atoms with E-state index < -0.39 is 0 Å². The molecular formula is C22H28N4OS. The Hall–Kier alpha value is -2.47. The first kappa shape index (κ1) is 20.3. The van der Waals surface area contributed by atoms with E-state index in [1.54, 1.807) is 11.3 Å². The first-order valence-electron chi connectivity index (χ1n) is 9.70. The molecule has 5 nitrogen and oxygen atoms in total. The van der Waals surface area contributed by atoms with Gasteiger partial charge in [0.2, 0.25) is 0 Å². The fourth-order valence-corrected chi connectivity index (χ4v) is 4.10. The summed E-state index contributed by atoms with van der Waals surface area (Å²) in [5.41, 5.74) is 3.03. The summed E-state index contributed by atoms with van der Waals surface area (Å²) in [7, 11) is 0. The van der Waals surface area contributed by atoms with E-state index in [4.69, 9.17) is 0 Å². The maximum atomic E-state index is 12.2. The molecule has 0 fully saturated rings. The summed E-state index contributed by atoms with van der Waals surface area (Å²) in [4.78, 5) is 23.7. The normalized spacial score (nSPS) is 11.2. The van der Waals surface area contributed by atoms with Crippen molar-refractivity contribution in [3.8, 4) is 0 Å². The number of anilines is 1. The number of benzene rings is 1. The lowest BCUT2D eigenvalue weighted by Gasteiger charge is -2.10. The second-order valence-electron chi connectivity index (χ2n) is 7.57. The van der Waals surface area contributed by atoms with Crippen molar-refractivity contribution in [1.29, 1.82) is 0 Å². The number of aromatic nitrogens is 2. The molecule has 3 aromatic rings. The fourth-order valence-electron chi connectivity index (χ4n) is 3.02. The van der Waals surface area contributed by atoms with E-state index in [0.29, 0.717) is 24.6 Å². The van der Waals surface area contributed by atoms with Gasteiger partial charge in [-0.05, 0) is 56.4 Å². The Labute approximate surface area is 170 Å². The highest BCUT2D eigenvalue weighted by atomic mass is 32.1. The Bertz CT molecular complexity index is 976. The number of hydrogen-bond acceptors (Lipinski definition) is 5. The van der Waals surface area contributed by atoms with Crippen molar-refractivity contribution in [1.82, 2.24) is 15.3 Å². The van der Waals surface area contributed by atoms with Crippen LogP contribution in [0.25, 0.3) is 10.2 Å². The van der Waals surface area contributed by atoms with Gasteiger partial charge < -0.3 is 10.6 Å². The van der Waals surface area contributed by atoms with Crippen LogP contribution < -0.4 is 10.6 Å². The van der Waals surface area contributed by atoms with Gasteiger partial charge in [0.05, 0.1) is 5.39 Å². The van der Waals surface area contributed by atoms with Crippen molar-refractivity contribution in [2.75, 3.05) is 11.9 Å². The van der Waals surface area contributed by atoms with Crippen LogP contribution in [0.4, 0.5) is 5.82 Å². The number of nitrogens with one attached hydrogen (secondary N) is 2. The summed E-state index contributed by atoms with van der Waals surface area (Å²) < 4.78 is 0. The standard InChI is InChI=1S/C22H28N4OS/c1-13(2)10-11-23-21(27)18-8-6-17(7-9-18)12-24-20-19-14(3)15(4)28-22(19)26-16(5)25-20/h6-9,13H,10-12H2,1-5H3,(H,23,27)(H,24,25,26). The maximum absolute atomic E-state index is 12.2. The zero-order chi connectivity index (χ0) is 20.3. The zero-order valence-electron chi connectivity index (χ0n) is 17.2. The average Bonchev–Trinajstić information content (AvgIpc) is 2.93. The van der Waals surface area contributed by atoms with Gasteiger partial charge in [-0.15, -0.1) is 11.3 Å². The Morgan fingerprint density at radius 1 is 1.11 bits per heavy atom. The molecule has 2 aromatic heterocycles. The first-order chi connectivity index (χ1) is 13.3. The van der Waals surface area contributed by atoms with E-state index in [-0.39, 0.29) is 5.91 Å². The van der Waals surface area contributed by atoms with E-state index in [9.17, 15) is 4.79 Å². The number of fused-ring (bicyclic) bond motifs is 1. The van der Waals surface area contributed by atoms with Gasteiger partial charge in [0.25, 0.3) is 5.91 Å². The highest BCUT2D eigenvalue weighted by Gasteiger charge is 2.13. The summed E-state index contributed by atoms with van der Waals surface area (Å²) in [6, 6.07) is 7.73. The van der Waals surface area contributed by atoms with E-state index in [1.165, 1.54) is 10.4 Å². The molecule has 1 aromatic carbocycles. The second-order valence-corrected chi connectivity index (χ2v) is 8.77. The molecule has 2 N–H and O–H groups in total. The van der Waals surface area contributed by atoms with Crippen molar-refractivity contribution < 1.29 is 4.79 Å². The van der Waals surface area contributed by atoms with Crippen LogP contribution >= 0.6 is 11.3 Å². The minimum Gasteiger partial charge on any atom is -0.365 e. The van der Waals surface area contributed by atoms with E-state index in [2.05, 4.69) is 48.3 Å². The molecule has 6 heteroatoms. The highest BCUT2D eigenvalue weighted by molar-refractivity contribution is 7.18. The first-order valence-corrected chi connectivity index (χ1v) is 10.5. The number of aryl methyl sites for hydroxylation is 3. The lowest BCUT2D eigenvalue weighted by atomic mass is 10.1. The maximum Gasteiger partial charge on any atom is 0.251 e. The van der Waals surface area contributed by atoms with Gasteiger partial charge in [-0.25, -0.2) is 9.97 Å². The predicted molar refractivity (Wildman–Crippen MR) is 117 cm³/mol. The molecule has 0 aliphatic heterocycles. The van der Waals surface area contributed by atoms with Gasteiger partial charge >= 0.3 is 0 Å². The quantitative estimate of drug-likeness (QED) is 0.589. The predicted octanol–water partition coefficient (Wildman–Crippen LogP) is 5.00. The number of thiophene rings is 1. The second kappa shape index (κ2) is 8.69. The van der Waals surface area contributed by atoms with Crippen LogP contribution in [0.15, 0.2) is 24.3 Å². The van der Waals surface area contributed by atoms with Gasteiger partial charge in [-0.3, -0.25) is 4.79 Å². The van der Waals surface area contributed by atoms with Crippen molar-refractivity contribution in [3.05, 3.63) is 51.7 Å². The van der Waals surface area contributed by atoms with E-state index in [0.717, 1.165) is 33.8 Å². The monoisotopic (exact) mass is 396 g/mol. The number of carbonyl (C=O) groups excluding carboxylic acids is 1. The van der Waals surface area contributed by atoms with Crippen molar-refractivity contribution in [3.63, 3.8) is 0 Å². The van der Waals surface area contributed by atoms with Crippen LogP contribution in [0.5, 0.6) is 0 Å². The minimum absolute atomic E-state index is 0.0160. The lowest BCUT2D eigenvalue weighted by molar-refractivity contribution is 0.0952. The van der Waals surface area contributed by atoms with Crippen LogP contribution in [-0.2, 0) is 6.54 Å². The molecule has 0 spiro atoms. The Morgan fingerprint density at radius 2 is 1.82 bits per heavy atom. The SMILES string of the molecule is Cc1nc(NCc2ccc(C(=O)NCCC(C)C)cc2)c2c(C)c(C)sc2n1. The van der Waals surface area contributed by atoms with Crippen LogP contribution in [-0.4, -0.2) is 22.4 Å². The summed E-state index contributed by atoms with van der Waals surface area (Å²) in [5, 5.41) is 7.53. The van der Waals surface area contributed by atoms with Crippen molar-refractivity contribution in [2.24, 2.45) is 5.92 Å². The number of nitrogens with zero attached hydrogens (tertiary/aromatic N) is 2. The van der Waals surface area contributed by atoms with Crippen LogP contribution in [0.2, 0.25) is 0 Å². The molecule has 0 atom stereocenters. The molecule has 1 amide bonds. The minimum atomic E-state index is -0.0160. The van der Waals surface area contributed by atoms with Gasteiger partial charge in [0.15, 0.2) is 0 Å². The molecule has 0 aliphatic rings. The van der Waals surface area contributed by atoms with Gasteiger partial charge in [0.1, 0.15) is 16.5 Å².